The summed E-state index contributed by atoms with van der Waals surface area (Å²) in [4.78, 5) is 36.0. The molecule has 1 aliphatic heterocycles. The predicted molar refractivity (Wildman–Crippen MR) is 111 cm³/mol. The van der Waals surface area contributed by atoms with Gasteiger partial charge in [0, 0.05) is 40.0 Å². The Morgan fingerprint density at radius 2 is 1.54 bits per heavy atom. The van der Waals surface area contributed by atoms with E-state index < -0.39 is 0 Å². The molecule has 0 atom stereocenters. The van der Waals surface area contributed by atoms with Crippen LogP contribution in [0.1, 0.15) is 64.7 Å². The quantitative estimate of drug-likeness (QED) is 0.537. The Labute approximate surface area is 167 Å². The van der Waals surface area contributed by atoms with Gasteiger partial charge in [0.2, 0.25) is 11.8 Å². The SMILES string of the molecule is CC(=O)c1ccc(NC(=O)/C=C(/C)C(=O)NC2CC(C)(C)NC(C)(C)C2)cc1. The Morgan fingerprint density at radius 1 is 1.00 bits per heavy atom. The van der Waals surface area contributed by atoms with Crippen molar-refractivity contribution in [3.8, 4) is 0 Å². The van der Waals surface area contributed by atoms with Gasteiger partial charge in [-0.15, -0.1) is 0 Å². The lowest BCUT2D eigenvalue weighted by molar-refractivity contribution is -0.119. The molecular formula is C22H31N3O3. The van der Waals surface area contributed by atoms with Crippen molar-refractivity contribution < 1.29 is 14.4 Å². The molecule has 1 aromatic rings. The molecule has 0 aliphatic carbocycles. The second-order valence-corrected chi connectivity index (χ2v) is 8.92. The van der Waals surface area contributed by atoms with Gasteiger partial charge in [-0.2, -0.15) is 0 Å². The molecule has 28 heavy (non-hydrogen) atoms. The maximum Gasteiger partial charge on any atom is 0.248 e. The number of hydrogen-bond donors (Lipinski definition) is 3. The standard InChI is InChI=1S/C22H31N3O3/c1-14(11-19(27)23-17-9-7-16(8-10-17)15(2)26)20(28)24-18-12-21(3,4)25-22(5,6)13-18/h7-11,18,25H,12-13H2,1-6H3,(H,23,27)(H,24,28)/b14-11-. The Kier molecular flexibility index (Phi) is 6.44. The first-order valence-electron chi connectivity index (χ1n) is 9.57. The largest absolute Gasteiger partial charge is 0.349 e. The number of carbonyl (C=O) groups excluding carboxylic acids is 3. The van der Waals surface area contributed by atoms with Crippen molar-refractivity contribution in [1.82, 2.24) is 10.6 Å². The normalized spacial score (nSPS) is 19.0. The summed E-state index contributed by atoms with van der Waals surface area (Å²) in [6.45, 7) is 11.6. The molecule has 1 aliphatic rings. The number of rotatable bonds is 5. The van der Waals surface area contributed by atoms with E-state index in [1.54, 1.807) is 31.2 Å². The molecule has 2 amide bonds. The number of Topliss-reactive ketones (excluding diaryl/α,β-unsaturated/α-hetero) is 1. The molecule has 3 N–H and O–H groups in total. The number of hydrogen-bond acceptors (Lipinski definition) is 4. The average Bonchev–Trinajstić information content (AvgIpc) is 2.51. The third-order valence-electron chi connectivity index (χ3n) is 4.79. The lowest BCUT2D eigenvalue weighted by Gasteiger charge is -2.46. The summed E-state index contributed by atoms with van der Waals surface area (Å²) in [6, 6.07) is 6.68. The van der Waals surface area contributed by atoms with Crippen molar-refractivity contribution in [2.75, 3.05) is 5.32 Å². The zero-order chi connectivity index (χ0) is 21.1. The van der Waals surface area contributed by atoms with Gasteiger partial charge in [0.1, 0.15) is 0 Å². The highest BCUT2D eigenvalue weighted by molar-refractivity contribution is 6.06. The third-order valence-corrected chi connectivity index (χ3v) is 4.79. The maximum absolute atomic E-state index is 12.5. The highest BCUT2D eigenvalue weighted by Crippen LogP contribution is 2.28. The highest BCUT2D eigenvalue weighted by atomic mass is 16.2. The summed E-state index contributed by atoms with van der Waals surface area (Å²) in [5.41, 5.74) is 1.37. The number of carbonyl (C=O) groups is 3. The molecule has 1 fully saturated rings. The number of amides is 2. The first-order chi connectivity index (χ1) is 12.9. The lowest BCUT2D eigenvalue weighted by Crippen LogP contribution is -2.62. The highest BCUT2D eigenvalue weighted by Gasteiger charge is 2.38. The van der Waals surface area contributed by atoms with E-state index in [0.717, 1.165) is 12.8 Å². The van der Waals surface area contributed by atoms with Crippen LogP contribution in [0.15, 0.2) is 35.9 Å². The Hall–Kier alpha value is -2.47. The summed E-state index contributed by atoms with van der Waals surface area (Å²) in [5, 5.41) is 9.35. The van der Waals surface area contributed by atoms with E-state index in [-0.39, 0.29) is 34.7 Å². The minimum absolute atomic E-state index is 0.0328. The summed E-state index contributed by atoms with van der Waals surface area (Å²) in [5.74, 6) is -0.649. The number of anilines is 1. The second kappa shape index (κ2) is 8.27. The van der Waals surface area contributed by atoms with E-state index in [2.05, 4.69) is 43.6 Å². The van der Waals surface area contributed by atoms with Crippen molar-refractivity contribution in [3.05, 3.63) is 41.5 Å². The van der Waals surface area contributed by atoms with Gasteiger partial charge in [0.05, 0.1) is 0 Å². The van der Waals surface area contributed by atoms with Crippen molar-refractivity contribution >= 4 is 23.3 Å². The number of nitrogens with one attached hydrogen (secondary N) is 3. The topological polar surface area (TPSA) is 87.3 Å². The zero-order valence-electron chi connectivity index (χ0n) is 17.6. The molecule has 0 spiro atoms. The fourth-order valence-corrected chi connectivity index (χ4v) is 3.95. The van der Waals surface area contributed by atoms with Gasteiger partial charge >= 0.3 is 0 Å². The molecule has 0 saturated carbocycles. The van der Waals surface area contributed by atoms with Gasteiger partial charge in [-0.1, -0.05) is 0 Å². The molecule has 0 bridgehead atoms. The van der Waals surface area contributed by atoms with E-state index in [4.69, 9.17) is 0 Å². The van der Waals surface area contributed by atoms with Crippen molar-refractivity contribution in [2.24, 2.45) is 0 Å². The zero-order valence-corrected chi connectivity index (χ0v) is 17.6. The van der Waals surface area contributed by atoms with Crippen LogP contribution in [0.4, 0.5) is 5.69 Å². The van der Waals surface area contributed by atoms with Crippen LogP contribution in [-0.4, -0.2) is 34.7 Å². The second-order valence-electron chi connectivity index (χ2n) is 8.92. The van der Waals surface area contributed by atoms with Gasteiger partial charge in [-0.05, 0) is 78.6 Å². The average molecular weight is 386 g/mol. The molecule has 6 nitrogen and oxygen atoms in total. The van der Waals surface area contributed by atoms with Crippen molar-refractivity contribution in [3.63, 3.8) is 0 Å². The first kappa shape index (κ1) is 21.8. The molecule has 152 valence electrons. The number of benzene rings is 1. The van der Waals surface area contributed by atoms with Crippen LogP contribution in [0.5, 0.6) is 0 Å². The van der Waals surface area contributed by atoms with Crippen LogP contribution in [0, 0.1) is 0 Å². The Bertz CT molecular complexity index is 776. The third kappa shape index (κ3) is 6.30. The molecule has 0 aromatic heterocycles. The van der Waals surface area contributed by atoms with E-state index in [1.165, 1.54) is 13.0 Å². The van der Waals surface area contributed by atoms with Crippen LogP contribution in [-0.2, 0) is 9.59 Å². The summed E-state index contributed by atoms with van der Waals surface area (Å²) in [7, 11) is 0. The molecule has 1 aromatic carbocycles. The number of ketones is 1. The van der Waals surface area contributed by atoms with Crippen LogP contribution in [0.25, 0.3) is 0 Å². The van der Waals surface area contributed by atoms with Crippen LogP contribution >= 0.6 is 0 Å². The lowest BCUT2D eigenvalue weighted by atomic mass is 9.79. The van der Waals surface area contributed by atoms with Gasteiger partial charge in [-0.25, -0.2) is 0 Å². The van der Waals surface area contributed by atoms with E-state index in [1.807, 2.05) is 0 Å². The predicted octanol–water partition coefficient (Wildman–Crippen LogP) is 3.20. The molecular weight excluding hydrogens is 354 g/mol. The van der Waals surface area contributed by atoms with Crippen LogP contribution in [0.3, 0.4) is 0 Å². The molecule has 1 heterocycles. The van der Waals surface area contributed by atoms with Gasteiger partial charge in [0.25, 0.3) is 0 Å². The number of piperidine rings is 1. The molecule has 0 radical (unpaired) electrons. The summed E-state index contributed by atoms with van der Waals surface area (Å²) in [6.07, 6.45) is 2.94. The van der Waals surface area contributed by atoms with Crippen LogP contribution < -0.4 is 16.0 Å². The maximum atomic E-state index is 12.5. The van der Waals surface area contributed by atoms with Gasteiger partial charge in [-0.3, -0.25) is 14.4 Å². The first-order valence-corrected chi connectivity index (χ1v) is 9.57. The fraction of sp³-hybridized carbons (Fsp3) is 0.500. The monoisotopic (exact) mass is 385 g/mol. The molecule has 1 saturated heterocycles. The van der Waals surface area contributed by atoms with Crippen molar-refractivity contribution in [2.45, 2.75) is 71.5 Å². The summed E-state index contributed by atoms with van der Waals surface area (Å²) >= 11 is 0. The Morgan fingerprint density at radius 3 is 2.04 bits per heavy atom. The Balaban J connectivity index is 1.97. The van der Waals surface area contributed by atoms with Gasteiger partial charge < -0.3 is 16.0 Å². The smallest absolute Gasteiger partial charge is 0.248 e. The summed E-state index contributed by atoms with van der Waals surface area (Å²) < 4.78 is 0. The van der Waals surface area contributed by atoms with Gasteiger partial charge in [0.15, 0.2) is 5.78 Å². The minimum atomic E-state index is -0.380. The molecule has 2 rings (SSSR count). The molecule has 6 heteroatoms. The van der Waals surface area contributed by atoms with Crippen LogP contribution in [0.2, 0.25) is 0 Å². The van der Waals surface area contributed by atoms with E-state index >= 15 is 0 Å². The fourth-order valence-electron chi connectivity index (χ4n) is 3.95. The molecule has 0 unspecified atom stereocenters. The van der Waals surface area contributed by atoms with E-state index in [0.29, 0.717) is 16.8 Å². The van der Waals surface area contributed by atoms with Crippen molar-refractivity contribution in [1.29, 1.82) is 0 Å². The minimum Gasteiger partial charge on any atom is -0.349 e. The van der Waals surface area contributed by atoms with E-state index in [9.17, 15) is 14.4 Å².